The highest BCUT2D eigenvalue weighted by Crippen LogP contribution is 2.24. The van der Waals surface area contributed by atoms with Gasteiger partial charge in [-0.1, -0.05) is 24.3 Å². The number of benzene rings is 1. The van der Waals surface area contributed by atoms with Crippen molar-refractivity contribution >= 4 is 30.1 Å². The van der Waals surface area contributed by atoms with Gasteiger partial charge in [-0.05, 0) is 49.8 Å². The van der Waals surface area contributed by atoms with Crippen molar-refractivity contribution in [1.29, 1.82) is 0 Å². The first-order valence-corrected chi connectivity index (χ1v) is 9.67. The SMILES string of the molecule is CSCC[C@H](N)C(=O)NCC(C)(C)N1CCc2ccccc2C1.Cl. The Morgan fingerprint density at radius 1 is 1.38 bits per heavy atom. The van der Waals surface area contributed by atoms with E-state index < -0.39 is 6.04 Å². The van der Waals surface area contributed by atoms with Gasteiger partial charge in [0.05, 0.1) is 6.04 Å². The molecule has 24 heavy (non-hydrogen) atoms. The fourth-order valence-corrected chi connectivity index (χ4v) is 3.42. The van der Waals surface area contributed by atoms with Crippen molar-refractivity contribution in [1.82, 2.24) is 10.2 Å². The quantitative estimate of drug-likeness (QED) is 0.772. The molecule has 6 heteroatoms. The van der Waals surface area contributed by atoms with E-state index in [-0.39, 0.29) is 23.9 Å². The summed E-state index contributed by atoms with van der Waals surface area (Å²) in [6.45, 7) is 6.97. The maximum absolute atomic E-state index is 12.1. The molecule has 1 aromatic carbocycles. The number of thioether (sulfide) groups is 1. The summed E-state index contributed by atoms with van der Waals surface area (Å²) in [4.78, 5) is 14.6. The number of carbonyl (C=O) groups is 1. The summed E-state index contributed by atoms with van der Waals surface area (Å²) in [5.41, 5.74) is 8.70. The first-order valence-electron chi connectivity index (χ1n) is 8.28. The molecule has 1 aliphatic heterocycles. The molecule has 0 saturated carbocycles. The number of amides is 1. The van der Waals surface area contributed by atoms with Gasteiger partial charge in [0.15, 0.2) is 0 Å². The fraction of sp³-hybridized carbons (Fsp3) is 0.611. The van der Waals surface area contributed by atoms with Crippen molar-refractivity contribution < 1.29 is 4.79 Å². The standard InChI is InChI=1S/C18H29N3OS.ClH/c1-18(2,13-20-17(22)16(19)9-11-23-3)21-10-8-14-6-4-5-7-15(14)12-21;/h4-7,16H,8-13,19H2,1-3H3,(H,20,22);1H/t16-;/m0./s1. The summed E-state index contributed by atoms with van der Waals surface area (Å²) in [5.74, 6) is 0.880. The van der Waals surface area contributed by atoms with Crippen LogP contribution >= 0.6 is 24.2 Å². The number of nitrogens with zero attached hydrogens (tertiary/aromatic N) is 1. The molecule has 136 valence electrons. The molecule has 0 aliphatic carbocycles. The molecule has 1 amide bonds. The Bertz CT molecular complexity index is 539. The lowest BCUT2D eigenvalue weighted by molar-refractivity contribution is -0.123. The molecule has 0 saturated heterocycles. The number of rotatable bonds is 7. The van der Waals surface area contributed by atoms with E-state index in [1.165, 1.54) is 11.1 Å². The van der Waals surface area contributed by atoms with Crippen LogP contribution in [0, 0.1) is 0 Å². The molecule has 1 aromatic rings. The van der Waals surface area contributed by atoms with Crippen LogP contribution < -0.4 is 11.1 Å². The molecule has 0 spiro atoms. The zero-order valence-electron chi connectivity index (χ0n) is 14.9. The smallest absolute Gasteiger partial charge is 0.237 e. The van der Waals surface area contributed by atoms with Crippen LogP contribution in [0.4, 0.5) is 0 Å². The van der Waals surface area contributed by atoms with E-state index in [1.54, 1.807) is 11.8 Å². The van der Waals surface area contributed by atoms with E-state index in [0.717, 1.165) is 31.7 Å². The predicted molar refractivity (Wildman–Crippen MR) is 106 cm³/mol. The van der Waals surface area contributed by atoms with Gasteiger partial charge in [-0.2, -0.15) is 11.8 Å². The Kier molecular flexibility index (Phi) is 8.57. The number of nitrogens with one attached hydrogen (secondary N) is 1. The highest BCUT2D eigenvalue weighted by Gasteiger charge is 2.30. The molecule has 1 heterocycles. The molecule has 0 aromatic heterocycles. The fourth-order valence-electron chi connectivity index (χ4n) is 2.93. The van der Waals surface area contributed by atoms with E-state index in [0.29, 0.717) is 6.54 Å². The Morgan fingerprint density at radius 3 is 2.71 bits per heavy atom. The molecule has 1 aliphatic rings. The maximum atomic E-state index is 12.1. The average molecular weight is 372 g/mol. The molecular weight excluding hydrogens is 342 g/mol. The van der Waals surface area contributed by atoms with Gasteiger partial charge in [0, 0.05) is 25.2 Å². The van der Waals surface area contributed by atoms with Crippen LogP contribution in [-0.4, -0.2) is 47.5 Å². The van der Waals surface area contributed by atoms with E-state index in [2.05, 4.69) is 48.3 Å². The Labute approximate surface area is 156 Å². The lowest BCUT2D eigenvalue weighted by atomic mass is 9.94. The molecule has 0 radical (unpaired) electrons. The summed E-state index contributed by atoms with van der Waals surface area (Å²) in [6.07, 6.45) is 3.83. The molecule has 2 rings (SSSR count). The van der Waals surface area contributed by atoms with Crippen molar-refractivity contribution in [3.63, 3.8) is 0 Å². The van der Waals surface area contributed by atoms with Crippen LogP contribution in [0.2, 0.25) is 0 Å². The second-order valence-corrected chi connectivity index (χ2v) is 7.84. The van der Waals surface area contributed by atoms with Crippen LogP contribution in [0.15, 0.2) is 24.3 Å². The number of carbonyl (C=O) groups excluding carboxylic acids is 1. The minimum atomic E-state index is -0.402. The van der Waals surface area contributed by atoms with Crippen LogP contribution in [0.3, 0.4) is 0 Å². The Morgan fingerprint density at radius 2 is 2.04 bits per heavy atom. The van der Waals surface area contributed by atoms with Crippen molar-refractivity contribution in [2.75, 3.05) is 25.1 Å². The van der Waals surface area contributed by atoms with Crippen molar-refractivity contribution in [3.8, 4) is 0 Å². The lowest BCUT2D eigenvalue weighted by Gasteiger charge is -2.41. The Balaban J connectivity index is 0.00000288. The summed E-state index contributed by atoms with van der Waals surface area (Å²) < 4.78 is 0. The first-order chi connectivity index (χ1) is 10.9. The second-order valence-electron chi connectivity index (χ2n) is 6.86. The first kappa shape index (κ1) is 21.3. The van der Waals surface area contributed by atoms with Gasteiger partial charge in [0.2, 0.25) is 5.91 Å². The highest BCUT2D eigenvalue weighted by molar-refractivity contribution is 7.98. The summed E-state index contributed by atoms with van der Waals surface area (Å²) in [6, 6.07) is 8.22. The topological polar surface area (TPSA) is 58.4 Å². The summed E-state index contributed by atoms with van der Waals surface area (Å²) in [5, 5.41) is 3.04. The minimum absolute atomic E-state index is 0. The lowest BCUT2D eigenvalue weighted by Crippen LogP contribution is -2.55. The van der Waals surface area contributed by atoms with Crippen LogP contribution in [0.5, 0.6) is 0 Å². The number of hydrogen-bond acceptors (Lipinski definition) is 4. The van der Waals surface area contributed by atoms with E-state index >= 15 is 0 Å². The zero-order chi connectivity index (χ0) is 16.9. The van der Waals surface area contributed by atoms with Gasteiger partial charge in [-0.25, -0.2) is 0 Å². The van der Waals surface area contributed by atoms with Gasteiger partial charge < -0.3 is 11.1 Å². The molecule has 0 fully saturated rings. The van der Waals surface area contributed by atoms with Gasteiger partial charge >= 0.3 is 0 Å². The summed E-state index contributed by atoms with van der Waals surface area (Å²) >= 11 is 1.72. The van der Waals surface area contributed by atoms with Gasteiger partial charge in [0.1, 0.15) is 0 Å². The molecule has 3 N–H and O–H groups in total. The van der Waals surface area contributed by atoms with E-state index in [1.807, 2.05) is 6.26 Å². The van der Waals surface area contributed by atoms with Crippen LogP contribution in [0.1, 0.15) is 31.4 Å². The molecule has 4 nitrogen and oxygen atoms in total. The molecular formula is C18H30ClN3OS. The second kappa shape index (κ2) is 9.66. The predicted octanol–water partition coefficient (Wildman–Crippen LogP) is 2.44. The minimum Gasteiger partial charge on any atom is -0.353 e. The van der Waals surface area contributed by atoms with E-state index in [4.69, 9.17) is 5.73 Å². The van der Waals surface area contributed by atoms with Crippen molar-refractivity contribution in [3.05, 3.63) is 35.4 Å². The normalized spacial score (nSPS) is 16.0. The Hall–Kier alpha value is -0.750. The molecule has 1 atom stereocenters. The monoisotopic (exact) mass is 371 g/mol. The molecule has 0 bridgehead atoms. The molecule has 0 unspecified atom stereocenters. The third kappa shape index (κ3) is 5.66. The highest BCUT2D eigenvalue weighted by atomic mass is 35.5. The number of fused-ring (bicyclic) bond motifs is 1. The van der Waals surface area contributed by atoms with Crippen molar-refractivity contribution in [2.45, 2.75) is 44.8 Å². The van der Waals surface area contributed by atoms with Gasteiger partial charge in [-0.3, -0.25) is 9.69 Å². The number of hydrogen-bond donors (Lipinski definition) is 2. The average Bonchev–Trinajstić information content (AvgIpc) is 2.57. The zero-order valence-corrected chi connectivity index (χ0v) is 16.5. The van der Waals surface area contributed by atoms with Crippen LogP contribution in [0.25, 0.3) is 0 Å². The van der Waals surface area contributed by atoms with Crippen LogP contribution in [-0.2, 0) is 17.8 Å². The maximum Gasteiger partial charge on any atom is 0.237 e. The third-order valence-corrected chi connectivity index (χ3v) is 5.30. The van der Waals surface area contributed by atoms with E-state index in [9.17, 15) is 4.79 Å². The van der Waals surface area contributed by atoms with Gasteiger partial charge in [-0.15, -0.1) is 12.4 Å². The number of nitrogens with two attached hydrogens (primary N) is 1. The third-order valence-electron chi connectivity index (χ3n) is 4.65. The largest absolute Gasteiger partial charge is 0.353 e. The van der Waals surface area contributed by atoms with Gasteiger partial charge in [0.25, 0.3) is 0 Å². The summed E-state index contributed by atoms with van der Waals surface area (Å²) in [7, 11) is 0. The van der Waals surface area contributed by atoms with Crippen molar-refractivity contribution in [2.24, 2.45) is 5.73 Å². The number of halogens is 1.